The molecule has 2 aromatic rings. The van der Waals surface area contributed by atoms with Crippen LogP contribution in [0, 0.1) is 0 Å². The van der Waals surface area contributed by atoms with Crippen molar-refractivity contribution in [2.24, 2.45) is 0 Å². The zero-order chi connectivity index (χ0) is 12.8. The normalized spacial score (nSPS) is 10.9. The Morgan fingerprint density at radius 3 is 3.11 bits per heavy atom. The van der Waals surface area contributed by atoms with Gasteiger partial charge in [0.1, 0.15) is 5.82 Å². The molecule has 0 saturated carbocycles. The molecule has 2 rings (SSSR count). The van der Waals surface area contributed by atoms with Gasteiger partial charge < -0.3 is 15.8 Å². The van der Waals surface area contributed by atoms with Crippen molar-refractivity contribution < 1.29 is 4.74 Å². The van der Waals surface area contributed by atoms with Crippen LogP contribution in [-0.4, -0.2) is 29.7 Å². The Labute approximate surface area is 110 Å². The second-order valence-electron chi connectivity index (χ2n) is 3.96. The Bertz CT molecular complexity index is 500. The molecular weight excluding hydrogens is 248 g/mol. The molecule has 2 heterocycles. The molecule has 0 aliphatic carbocycles. The number of thiophene rings is 1. The molecule has 0 spiro atoms. The molecule has 0 aliphatic heterocycles. The minimum Gasteiger partial charge on any atom is -0.381 e. The fraction of sp³-hybridized carbons (Fsp3) is 0.500. The van der Waals surface area contributed by atoms with Crippen molar-refractivity contribution >= 4 is 33.3 Å². The average Bonchev–Trinajstić information content (AvgIpc) is 2.81. The zero-order valence-electron chi connectivity index (χ0n) is 10.5. The van der Waals surface area contributed by atoms with Gasteiger partial charge in [0.2, 0.25) is 5.95 Å². The SMILES string of the molecule is CCCOCCCNc1nc(N)nc2ccsc12. The van der Waals surface area contributed by atoms with Gasteiger partial charge in [-0.2, -0.15) is 4.98 Å². The largest absolute Gasteiger partial charge is 0.381 e. The number of nitrogens with two attached hydrogens (primary N) is 1. The number of fused-ring (bicyclic) bond motifs is 1. The molecule has 18 heavy (non-hydrogen) atoms. The van der Waals surface area contributed by atoms with Crippen molar-refractivity contribution in [3.8, 4) is 0 Å². The lowest BCUT2D eigenvalue weighted by Crippen LogP contribution is -2.08. The minimum atomic E-state index is 0.311. The summed E-state index contributed by atoms with van der Waals surface area (Å²) in [6, 6.07) is 1.95. The first-order valence-electron chi connectivity index (χ1n) is 6.13. The predicted molar refractivity (Wildman–Crippen MR) is 76.0 cm³/mol. The van der Waals surface area contributed by atoms with Crippen LogP contribution >= 0.6 is 11.3 Å². The van der Waals surface area contributed by atoms with Crippen LogP contribution in [0.3, 0.4) is 0 Å². The van der Waals surface area contributed by atoms with Crippen molar-refractivity contribution in [3.63, 3.8) is 0 Å². The van der Waals surface area contributed by atoms with Crippen molar-refractivity contribution in [3.05, 3.63) is 11.4 Å². The third kappa shape index (κ3) is 3.30. The number of nitrogens with one attached hydrogen (secondary N) is 1. The number of ether oxygens (including phenoxy) is 1. The van der Waals surface area contributed by atoms with Crippen molar-refractivity contribution in [1.29, 1.82) is 0 Å². The summed E-state index contributed by atoms with van der Waals surface area (Å²) in [4.78, 5) is 8.41. The van der Waals surface area contributed by atoms with Crippen LogP contribution in [0.2, 0.25) is 0 Å². The predicted octanol–water partition coefficient (Wildman–Crippen LogP) is 2.50. The van der Waals surface area contributed by atoms with Gasteiger partial charge in [0.15, 0.2) is 0 Å². The van der Waals surface area contributed by atoms with Crippen LogP contribution in [0.25, 0.3) is 10.2 Å². The molecule has 6 heteroatoms. The van der Waals surface area contributed by atoms with Crippen LogP contribution in [-0.2, 0) is 4.74 Å². The van der Waals surface area contributed by atoms with E-state index < -0.39 is 0 Å². The first-order valence-corrected chi connectivity index (χ1v) is 7.01. The maximum Gasteiger partial charge on any atom is 0.222 e. The Morgan fingerprint density at radius 1 is 1.39 bits per heavy atom. The highest BCUT2D eigenvalue weighted by atomic mass is 32.1. The highest BCUT2D eigenvalue weighted by Gasteiger charge is 2.06. The molecule has 0 amide bonds. The Balaban J connectivity index is 1.89. The van der Waals surface area contributed by atoms with Crippen LogP contribution in [0.15, 0.2) is 11.4 Å². The summed E-state index contributed by atoms with van der Waals surface area (Å²) < 4.78 is 6.48. The van der Waals surface area contributed by atoms with Gasteiger partial charge in [0.25, 0.3) is 0 Å². The van der Waals surface area contributed by atoms with Gasteiger partial charge in [0, 0.05) is 19.8 Å². The van der Waals surface area contributed by atoms with E-state index in [1.54, 1.807) is 11.3 Å². The zero-order valence-corrected chi connectivity index (χ0v) is 11.3. The third-order valence-corrected chi connectivity index (χ3v) is 3.34. The Morgan fingerprint density at radius 2 is 2.28 bits per heavy atom. The number of hydrogen-bond acceptors (Lipinski definition) is 6. The fourth-order valence-electron chi connectivity index (χ4n) is 1.63. The van der Waals surface area contributed by atoms with Crippen LogP contribution in [0.4, 0.5) is 11.8 Å². The second kappa shape index (κ2) is 6.51. The van der Waals surface area contributed by atoms with E-state index in [4.69, 9.17) is 10.5 Å². The van der Waals surface area contributed by atoms with Crippen molar-refractivity contribution in [1.82, 2.24) is 9.97 Å². The quantitative estimate of drug-likeness (QED) is 0.753. The van der Waals surface area contributed by atoms with E-state index in [2.05, 4.69) is 22.2 Å². The number of nitrogen functional groups attached to an aromatic ring is 1. The summed E-state index contributed by atoms with van der Waals surface area (Å²) in [6.45, 7) is 4.53. The average molecular weight is 266 g/mol. The number of aromatic nitrogens is 2. The summed E-state index contributed by atoms with van der Waals surface area (Å²) in [6.07, 6.45) is 2.02. The van der Waals surface area contributed by atoms with E-state index in [1.807, 2.05) is 11.4 Å². The van der Waals surface area contributed by atoms with E-state index in [-0.39, 0.29) is 0 Å². The number of rotatable bonds is 7. The standard InChI is InChI=1S/C12H18N4OS/c1-2-6-17-7-3-5-14-11-10-9(4-8-18-10)15-12(13)16-11/h4,8H,2-3,5-7H2,1H3,(H3,13,14,15,16). The number of nitrogens with zero attached hydrogens (tertiary/aromatic N) is 2. The van der Waals surface area contributed by atoms with Gasteiger partial charge in [-0.1, -0.05) is 6.92 Å². The molecule has 5 nitrogen and oxygen atoms in total. The maximum atomic E-state index is 5.67. The van der Waals surface area contributed by atoms with Gasteiger partial charge >= 0.3 is 0 Å². The lowest BCUT2D eigenvalue weighted by Gasteiger charge is -2.07. The minimum absolute atomic E-state index is 0.311. The van der Waals surface area contributed by atoms with Gasteiger partial charge in [-0.3, -0.25) is 0 Å². The molecular formula is C12H18N4OS. The molecule has 2 aromatic heterocycles. The first-order chi connectivity index (χ1) is 8.81. The van der Waals surface area contributed by atoms with E-state index in [1.165, 1.54) is 0 Å². The highest BCUT2D eigenvalue weighted by molar-refractivity contribution is 7.17. The van der Waals surface area contributed by atoms with Crippen molar-refractivity contribution in [2.45, 2.75) is 19.8 Å². The summed E-state index contributed by atoms with van der Waals surface area (Å²) in [5, 5.41) is 5.29. The molecule has 0 radical (unpaired) electrons. The monoisotopic (exact) mass is 266 g/mol. The van der Waals surface area contributed by atoms with Gasteiger partial charge in [0.05, 0.1) is 10.2 Å². The topological polar surface area (TPSA) is 73.1 Å². The Hall–Kier alpha value is -1.40. The molecule has 98 valence electrons. The van der Waals surface area contributed by atoms with E-state index >= 15 is 0 Å². The van der Waals surface area contributed by atoms with Crippen molar-refractivity contribution in [2.75, 3.05) is 30.8 Å². The molecule has 3 N–H and O–H groups in total. The van der Waals surface area contributed by atoms with Gasteiger partial charge in [-0.15, -0.1) is 11.3 Å². The number of hydrogen-bond donors (Lipinski definition) is 2. The summed E-state index contributed by atoms with van der Waals surface area (Å²) in [5.74, 6) is 1.13. The number of anilines is 2. The second-order valence-corrected chi connectivity index (χ2v) is 4.87. The molecule has 0 aromatic carbocycles. The maximum absolute atomic E-state index is 5.67. The molecule has 0 fully saturated rings. The van der Waals surface area contributed by atoms with E-state index in [0.717, 1.165) is 48.6 Å². The first kappa shape index (κ1) is 13.0. The van der Waals surface area contributed by atoms with Gasteiger partial charge in [-0.25, -0.2) is 4.98 Å². The molecule has 0 bridgehead atoms. The Kier molecular flexibility index (Phi) is 4.72. The highest BCUT2D eigenvalue weighted by Crippen LogP contribution is 2.26. The summed E-state index contributed by atoms with van der Waals surface area (Å²) in [7, 11) is 0. The molecule has 0 aliphatic rings. The lowest BCUT2D eigenvalue weighted by atomic mass is 10.4. The smallest absolute Gasteiger partial charge is 0.222 e. The lowest BCUT2D eigenvalue weighted by molar-refractivity contribution is 0.134. The third-order valence-electron chi connectivity index (χ3n) is 2.43. The van der Waals surface area contributed by atoms with E-state index in [0.29, 0.717) is 5.95 Å². The molecule has 0 unspecified atom stereocenters. The fourth-order valence-corrected chi connectivity index (χ4v) is 2.43. The summed E-state index contributed by atoms with van der Waals surface area (Å²) >= 11 is 1.62. The summed E-state index contributed by atoms with van der Waals surface area (Å²) in [5.41, 5.74) is 6.57. The molecule has 0 atom stereocenters. The van der Waals surface area contributed by atoms with Crippen LogP contribution < -0.4 is 11.1 Å². The van der Waals surface area contributed by atoms with Gasteiger partial charge in [-0.05, 0) is 24.3 Å². The van der Waals surface area contributed by atoms with Crippen LogP contribution in [0.1, 0.15) is 19.8 Å². The molecule has 0 saturated heterocycles. The van der Waals surface area contributed by atoms with Crippen LogP contribution in [0.5, 0.6) is 0 Å². The van der Waals surface area contributed by atoms with E-state index in [9.17, 15) is 0 Å².